The van der Waals surface area contributed by atoms with Crippen LogP contribution in [0.2, 0.25) is 0 Å². The quantitative estimate of drug-likeness (QED) is 0.427. The number of nitrogens with one attached hydrogen (secondary N) is 1. The van der Waals surface area contributed by atoms with Crippen molar-refractivity contribution in [2.75, 3.05) is 0 Å². The zero-order valence-electron chi connectivity index (χ0n) is 16.8. The number of fused-ring (bicyclic) bond motifs is 1. The molecule has 4 rings (SSSR count). The van der Waals surface area contributed by atoms with E-state index < -0.39 is 38.3 Å². The van der Waals surface area contributed by atoms with Gasteiger partial charge in [0.15, 0.2) is 0 Å². The number of rotatable bonds is 6. The number of primary sulfonamides is 1. The SMILES string of the molecule is CCC(c1ccc(F)c(C(=O)c2c[nH]c3ncc(-c4ccncc4)cc23)c1F)S(N)(=O)=O. The van der Waals surface area contributed by atoms with Gasteiger partial charge in [0, 0.05) is 46.9 Å². The molecule has 0 bridgehead atoms. The molecule has 3 aromatic heterocycles. The number of hydrogen-bond donors (Lipinski definition) is 2. The second-order valence-corrected chi connectivity index (χ2v) is 8.95. The summed E-state index contributed by atoms with van der Waals surface area (Å²) in [6, 6.07) is 7.07. The molecule has 0 amide bonds. The Balaban J connectivity index is 1.86. The number of carbonyl (C=O) groups excluding carboxylic acids is 1. The van der Waals surface area contributed by atoms with Crippen LogP contribution in [0.5, 0.6) is 0 Å². The van der Waals surface area contributed by atoms with Crippen LogP contribution in [0.25, 0.3) is 22.2 Å². The first kappa shape index (κ1) is 21.7. The highest BCUT2D eigenvalue weighted by atomic mass is 32.2. The number of carbonyl (C=O) groups is 1. The molecule has 1 atom stereocenters. The molecule has 32 heavy (non-hydrogen) atoms. The third kappa shape index (κ3) is 3.78. The summed E-state index contributed by atoms with van der Waals surface area (Å²) in [5, 5.41) is 4.17. The molecule has 164 valence electrons. The van der Waals surface area contributed by atoms with E-state index in [2.05, 4.69) is 15.0 Å². The Morgan fingerprint density at radius 3 is 2.53 bits per heavy atom. The van der Waals surface area contributed by atoms with E-state index in [9.17, 15) is 17.6 Å². The van der Waals surface area contributed by atoms with E-state index in [1.54, 1.807) is 36.8 Å². The molecule has 0 saturated carbocycles. The first-order chi connectivity index (χ1) is 15.2. The number of sulfonamides is 1. The van der Waals surface area contributed by atoms with Gasteiger partial charge in [-0.1, -0.05) is 13.0 Å². The fourth-order valence-electron chi connectivity index (χ4n) is 3.68. The number of H-pyrrole nitrogens is 1. The number of benzene rings is 1. The second-order valence-electron chi connectivity index (χ2n) is 7.20. The van der Waals surface area contributed by atoms with Crippen LogP contribution in [0.1, 0.15) is 40.1 Å². The monoisotopic (exact) mass is 456 g/mol. The minimum Gasteiger partial charge on any atom is -0.345 e. The topological polar surface area (TPSA) is 119 Å². The van der Waals surface area contributed by atoms with E-state index >= 15 is 4.39 Å². The average molecular weight is 456 g/mol. The number of ketones is 1. The lowest BCUT2D eigenvalue weighted by Crippen LogP contribution is -2.23. The molecule has 0 spiro atoms. The van der Waals surface area contributed by atoms with Crippen LogP contribution < -0.4 is 5.14 Å². The summed E-state index contributed by atoms with van der Waals surface area (Å²) in [5.74, 6) is -3.29. The Bertz CT molecular complexity index is 1440. The fourth-order valence-corrected chi connectivity index (χ4v) is 4.68. The normalized spacial score (nSPS) is 12.8. The van der Waals surface area contributed by atoms with Gasteiger partial charge in [-0.05, 0) is 36.2 Å². The standard InChI is InChI=1S/C22H18F2N4O3S/c1-2-18(32(25,30)31)14-3-4-17(23)19(20(14)24)21(29)16-11-28-22-15(16)9-13(10-27-22)12-5-7-26-8-6-12/h3-11,18H,2H2,1H3,(H,27,28)(H2,25,30,31). The number of aromatic nitrogens is 3. The van der Waals surface area contributed by atoms with Crippen molar-refractivity contribution < 1.29 is 22.0 Å². The lowest BCUT2D eigenvalue weighted by molar-refractivity contribution is 0.103. The van der Waals surface area contributed by atoms with E-state index in [1.165, 1.54) is 13.1 Å². The summed E-state index contributed by atoms with van der Waals surface area (Å²) >= 11 is 0. The van der Waals surface area contributed by atoms with Crippen LogP contribution in [-0.4, -0.2) is 29.2 Å². The third-order valence-corrected chi connectivity index (χ3v) is 6.63. The van der Waals surface area contributed by atoms with E-state index in [1.807, 2.05) is 0 Å². The van der Waals surface area contributed by atoms with E-state index in [4.69, 9.17) is 5.14 Å². The van der Waals surface area contributed by atoms with Gasteiger partial charge < -0.3 is 4.98 Å². The molecule has 4 aromatic rings. The van der Waals surface area contributed by atoms with Gasteiger partial charge in [-0.25, -0.2) is 27.3 Å². The maximum atomic E-state index is 15.3. The summed E-state index contributed by atoms with van der Waals surface area (Å²) < 4.78 is 53.6. The van der Waals surface area contributed by atoms with Gasteiger partial charge in [-0.3, -0.25) is 9.78 Å². The van der Waals surface area contributed by atoms with Gasteiger partial charge in [0.05, 0.1) is 5.56 Å². The Hall–Kier alpha value is -3.50. The number of pyridine rings is 2. The maximum absolute atomic E-state index is 15.3. The molecule has 0 aliphatic rings. The van der Waals surface area contributed by atoms with Crippen LogP contribution in [0.3, 0.4) is 0 Å². The summed E-state index contributed by atoms with van der Waals surface area (Å²) in [6.45, 7) is 1.51. The molecule has 0 aliphatic carbocycles. The summed E-state index contributed by atoms with van der Waals surface area (Å²) in [7, 11) is -4.17. The van der Waals surface area contributed by atoms with Crippen molar-refractivity contribution in [3.05, 3.63) is 83.4 Å². The van der Waals surface area contributed by atoms with Crippen molar-refractivity contribution >= 4 is 26.8 Å². The smallest absolute Gasteiger partial charge is 0.216 e. The maximum Gasteiger partial charge on any atom is 0.216 e. The van der Waals surface area contributed by atoms with Crippen molar-refractivity contribution in [3.8, 4) is 11.1 Å². The zero-order chi connectivity index (χ0) is 23.0. The molecule has 0 fully saturated rings. The van der Waals surface area contributed by atoms with Crippen molar-refractivity contribution in [1.82, 2.24) is 15.0 Å². The van der Waals surface area contributed by atoms with Crippen LogP contribution in [0, 0.1) is 11.6 Å². The van der Waals surface area contributed by atoms with Crippen LogP contribution in [0.4, 0.5) is 8.78 Å². The molecule has 0 saturated heterocycles. The fraction of sp³-hybridized carbons (Fsp3) is 0.136. The van der Waals surface area contributed by atoms with Gasteiger partial charge in [0.1, 0.15) is 22.5 Å². The third-order valence-electron chi connectivity index (χ3n) is 5.25. The van der Waals surface area contributed by atoms with Crippen molar-refractivity contribution in [2.24, 2.45) is 5.14 Å². The van der Waals surface area contributed by atoms with E-state index in [0.29, 0.717) is 16.6 Å². The first-order valence-electron chi connectivity index (χ1n) is 9.64. The minimum absolute atomic E-state index is 0.00186. The molecule has 0 aliphatic heterocycles. The lowest BCUT2D eigenvalue weighted by atomic mass is 9.97. The number of halogens is 2. The largest absolute Gasteiger partial charge is 0.345 e. The number of nitrogens with two attached hydrogens (primary N) is 1. The predicted octanol–water partition coefficient (Wildman–Crippen LogP) is 3.87. The van der Waals surface area contributed by atoms with Crippen LogP contribution in [0.15, 0.2) is 55.1 Å². The van der Waals surface area contributed by atoms with Crippen molar-refractivity contribution in [3.63, 3.8) is 0 Å². The Morgan fingerprint density at radius 1 is 1.16 bits per heavy atom. The number of aromatic amines is 1. The second kappa shape index (κ2) is 8.21. The van der Waals surface area contributed by atoms with Crippen LogP contribution >= 0.6 is 0 Å². The molecular formula is C22H18F2N4O3S. The highest BCUT2D eigenvalue weighted by molar-refractivity contribution is 7.89. The van der Waals surface area contributed by atoms with Crippen LogP contribution in [-0.2, 0) is 10.0 Å². The van der Waals surface area contributed by atoms with Gasteiger partial charge in [0.2, 0.25) is 15.8 Å². The predicted molar refractivity (Wildman–Crippen MR) is 115 cm³/mol. The summed E-state index contributed by atoms with van der Waals surface area (Å²) in [4.78, 5) is 24.3. The Morgan fingerprint density at radius 2 is 1.88 bits per heavy atom. The Kier molecular flexibility index (Phi) is 5.57. The van der Waals surface area contributed by atoms with Gasteiger partial charge in [-0.15, -0.1) is 0 Å². The van der Waals surface area contributed by atoms with Gasteiger partial charge >= 0.3 is 0 Å². The molecular weight excluding hydrogens is 438 g/mol. The molecule has 0 radical (unpaired) electrons. The summed E-state index contributed by atoms with van der Waals surface area (Å²) in [5.41, 5.74) is 0.645. The molecule has 1 unspecified atom stereocenters. The van der Waals surface area contributed by atoms with E-state index in [-0.39, 0.29) is 17.5 Å². The highest BCUT2D eigenvalue weighted by Crippen LogP contribution is 2.32. The zero-order valence-corrected chi connectivity index (χ0v) is 17.7. The molecule has 3 N–H and O–H groups in total. The highest BCUT2D eigenvalue weighted by Gasteiger charge is 2.30. The molecule has 3 heterocycles. The minimum atomic E-state index is -4.17. The summed E-state index contributed by atoms with van der Waals surface area (Å²) in [6.07, 6.45) is 6.09. The van der Waals surface area contributed by atoms with Crippen molar-refractivity contribution in [1.29, 1.82) is 0 Å². The molecule has 1 aromatic carbocycles. The average Bonchev–Trinajstić information content (AvgIpc) is 3.19. The number of nitrogens with zero attached hydrogens (tertiary/aromatic N) is 2. The van der Waals surface area contributed by atoms with Gasteiger partial charge in [-0.2, -0.15) is 0 Å². The first-order valence-corrected chi connectivity index (χ1v) is 11.2. The molecule has 10 heteroatoms. The Labute approximate surface area is 182 Å². The van der Waals surface area contributed by atoms with Gasteiger partial charge in [0.25, 0.3) is 0 Å². The van der Waals surface area contributed by atoms with E-state index in [0.717, 1.165) is 17.7 Å². The number of hydrogen-bond acceptors (Lipinski definition) is 5. The lowest BCUT2D eigenvalue weighted by Gasteiger charge is -2.16. The van der Waals surface area contributed by atoms with Crippen molar-refractivity contribution in [2.45, 2.75) is 18.6 Å². The molecule has 7 nitrogen and oxygen atoms in total.